The Morgan fingerprint density at radius 3 is 2.59 bits per heavy atom. The van der Waals surface area contributed by atoms with Gasteiger partial charge in [0.1, 0.15) is 16.7 Å². The minimum atomic E-state index is -0.605. The molecule has 1 N–H and O–H groups in total. The first kappa shape index (κ1) is 25.6. The zero-order valence-electron chi connectivity index (χ0n) is 20.8. The molecule has 0 bridgehead atoms. The van der Waals surface area contributed by atoms with E-state index >= 15 is 0 Å². The standard InChI is InChI=1S/C28H29BrN4O3S/c1-17(2)23(33-15-20-6-3-4-7-21(20)27(33)35)28(36)32-13-5-8-22(32)26(34)30-14-18-9-11-19(12-10-18)24-25(29)31-16-37-24/h3-4,6-7,9-12,16-17,22-23H,5,8,13-15H2,1-2H3,(H,30,34)/t22-,23?/m0/s1. The molecule has 3 heterocycles. The van der Waals surface area contributed by atoms with Crippen LogP contribution in [-0.2, 0) is 22.7 Å². The van der Waals surface area contributed by atoms with Gasteiger partial charge >= 0.3 is 0 Å². The van der Waals surface area contributed by atoms with Gasteiger partial charge in [0, 0.05) is 25.2 Å². The molecule has 5 rings (SSSR count). The van der Waals surface area contributed by atoms with Gasteiger partial charge in [0.25, 0.3) is 5.91 Å². The third-order valence-corrected chi connectivity index (χ3v) is 8.85. The van der Waals surface area contributed by atoms with Gasteiger partial charge in [-0.25, -0.2) is 4.98 Å². The van der Waals surface area contributed by atoms with Crippen molar-refractivity contribution in [3.05, 3.63) is 75.3 Å². The Morgan fingerprint density at radius 2 is 1.92 bits per heavy atom. The van der Waals surface area contributed by atoms with Crippen molar-refractivity contribution >= 4 is 45.0 Å². The second-order valence-corrected chi connectivity index (χ2v) is 11.5. The molecule has 0 radical (unpaired) electrons. The topological polar surface area (TPSA) is 82.6 Å². The van der Waals surface area contributed by atoms with Crippen LogP contribution in [0, 0.1) is 5.92 Å². The van der Waals surface area contributed by atoms with Gasteiger partial charge in [-0.1, -0.05) is 56.3 Å². The summed E-state index contributed by atoms with van der Waals surface area (Å²) in [5.41, 5.74) is 5.44. The van der Waals surface area contributed by atoms with Crippen LogP contribution in [0.25, 0.3) is 10.4 Å². The van der Waals surface area contributed by atoms with E-state index in [1.807, 2.05) is 62.4 Å². The number of likely N-dealkylation sites (tertiary alicyclic amines) is 1. The van der Waals surface area contributed by atoms with Crippen LogP contribution < -0.4 is 5.32 Å². The van der Waals surface area contributed by atoms with Crippen molar-refractivity contribution in [3.63, 3.8) is 0 Å². The van der Waals surface area contributed by atoms with Crippen molar-refractivity contribution in [2.45, 2.75) is 51.9 Å². The van der Waals surface area contributed by atoms with Crippen LogP contribution in [0.4, 0.5) is 0 Å². The first-order valence-electron chi connectivity index (χ1n) is 12.5. The number of fused-ring (bicyclic) bond motifs is 1. The molecule has 1 fully saturated rings. The maximum absolute atomic E-state index is 13.8. The van der Waals surface area contributed by atoms with Crippen LogP contribution in [0.2, 0.25) is 0 Å². The van der Waals surface area contributed by atoms with E-state index in [4.69, 9.17) is 0 Å². The van der Waals surface area contributed by atoms with Gasteiger partial charge in [-0.2, -0.15) is 0 Å². The van der Waals surface area contributed by atoms with E-state index in [-0.39, 0.29) is 23.6 Å². The van der Waals surface area contributed by atoms with E-state index in [1.54, 1.807) is 26.6 Å². The van der Waals surface area contributed by atoms with Gasteiger partial charge in [0.2, 0.25) is 11.8 Å². The molecule has 2 aliphatic rings. The van der Waals surface area contributed by atoms with Crippen LogP contribution in [0.5, 0.6) is 0 Å². The predicted molar refractivity (Wildman–Crippen MR) is 147 cm³/mol. The largest absolute Gasteiger partial charge is 0.350 e. The summed E-state index contributed by atoms with van der Waals surface area (Å²) in [5, 5.41) is 3.02. The smallest absolute Gasteiger partial charge is 0.255 e. The summed E-state index contributed by atoms with van der Waals surface area (Å²) in [6.45, 7) is 5.24. The molecule has 1 aromatic heterocycles. The molecule has 37 heavy (non-hydrogen) atoms. The number of carbonyl (C=O) groups excluding carboxylic acids is 3. The van der Waals surface area contributed by atoms with E-state index in [0.29, 0.717) is 31.6 Å². The van der Waals surface area contributed by atoms with Gasteiger partial charge < -0.3 is 15.1 Å². The van der Waals surface area contributed by atoms with Crippen molar-refractivity contribution in [3.8, 4) is 10.4 Å². The van der Waals surface area contributed by atoms with Gasteiger partial charge in [0.15, 0.2) is 0 Å². The molecule has 3 aromatic rings. The molecule has 2 atom stereocenters. The SMILES string of the molecule is CC(C)C(C(=O)N1CCC[C@H]1C(=O)NCc1ccc(-c2scnc2Br)cc1)N1Cc2ccccc2C1=O. The molecule has 1 unspecified atom stereocenters. The number of rotatable bonds is 7. The van der Waals surface area contributed by atoms with Gasteiger partial charge in [-0.3, -0.25) is 14.4 Å². The fourth-order valence-corrected chi connectivity index (χ4v) is 6.69. The highest BCUT2D eigenvalue weighted by molar-refractivity contribution is 9.10. The minimum Gasteiger partial charge on any atom is -0.350 e. The highest BCUT2D eigenvalue weighted by Crippen LogP contribution is 2.32. The summed E-state index contributed by atoms with van der Waals surface area (Å²) in [4.78, 5) is 48.7. The molecule has 9 heteroatoms. The van der Waals surface area contributed by atoms with E-state index in [0.717, 1.165) is 32.6 Å². The number of hydrogen-bond donors (Lipinski definition) is 1. The Bertz CT molecular complexity index is 1320. The molecule has 3 amide bonds. The lowest BCUT2D eigenvalue weighted by Crippen LogP contribution is -2.55. The summed E-state index contributed by atoms with van der Waals surface area (Å²) < 4.78 is 0.823. The zero-order valence-corrected chi connectivity index (χ0v) is 23.2. The van der Waals surface area contributed by atoms with Crippen molar-refractivity contribution in [1.29, 1.82) is 0 Å². The number of benzene rings is 2. The number of nitrogens with zero attached hydrogens (tertiary/aromatic N) is 3. The second kappa shape index (κ2) is 10.8. The van der Waals surface area contributed by atoms with E-state index < -0.39 is 12.1 Å². The fraction of sp³-hybridized carbons (Fsp3) is 0.357. The van der Waals surface area contributed by atoms with Crippen LogP contribution >= 0.6 is 27.3 Å². The molecule has 0 saturated carbocycles. The average molecular weight is 582 g/mol. The number of amides is 3. The van der Waals surface area contributed by atoms with Crippen LogP contribution in [0.15, 0.2) is 58.6 Å². The number of hydrogen-bond acceptors (Lipinski definition) is 5. The third kappa shape index (κ3) is 5.07. The summed E-state index contributed by atoms with van der Waals surface area (Å²) >= 11 is 5.03. The van der Waals surface area contributed by atoms with Crippen molar-refractivity contribution < 1.29 is 14.4 Å². The Kier molecular flexibility index (Phi) is 7.44. The van der Waals surface area contributed by atoms with Crippen LogP contribution in [0.1, 0.15) is 48.2 Å². The Hall–Kier alpha value is -3.04. The summed E-state index contributed by atoms with van der Waals surface area (Å²) in [5.74, 6) is -0.490. The third-order valence-electron chi connectivity index (χ3n) is 7.11. The number of carbonyl (C=O) groups is 3. The number of thiazole rings is 1. The quantitative estimate of drug-likeness (QED) is 0.432. The molecule has 192 valence electrons. The Balaban J connectivity index is 1.25. The molecule has 1 saturated heterocycles. The number of aromatic nitrogens is 1. The van der Waals surface area contributed by atoms with E-state index in [9.17, 15) is 14.4 Å². The Labute approximate surface area is 229 Å². The van der Waals surface area contributed by atoms with Gasteiger partial charge in [0.05, 0.1) is 10.4 Å². The lowest BCUT2D eigenvalue weighted by atomic mass is 10.0. The highest BCUT2D eigenvalue weighted by Gasteiger charge is 2.43. The van der Waals surface area contributed by atoms with E-state index in [2.05, 4.69) is 26.2 Å². The maximum Gasteiger partial charge on any atom is 0.255 e. The fourth-order valence-electron chi connectivity index (χ4n) is 5.25. The summed E-state index contributed by atoms with van der Waals surface area (Å²) in [7, 11) is 0. The van der Waals surface area contributed by atoms with Gasteiger partial charge in [-0.15, -0.1) is 11.3 Å². The predicted octanol–water partition coefficient (Wildman–Crippen LogP) is 4.86. The molecule has 2 aliphatic heterocycles. The molecule has 2 aromatic carbocycles. The normalized spacial score (nSPS) is 17.8. The van der Waals surface area contributed by atoms with Crippen LogP contribution in [0.3, 0.4) is 0 Å². The molecule has 7 nitrogen and oxygen atoms in total. The van der Waals surface area contributed by atoms with Crippen molar-refractivity contribution in [2.24, 2.45) is 5.92 Å². The summed E-state index contributed by atoms with van der Waals surface area (Å²) in [6, 6.07) is 14.4. The van der Waals surface area contributed by atoms with Crippen molar-refractivity contribution in [1.82, 2.24) is 20.1 Å². The maximum atomic E-state index is 13.8. The first-order chi connectivity index (χ1) is 17.8. The zero-order chi connectivity index (χ0) is 26.1. The minimum absolute atomic E-state index is 0.0767. The number of nitrogens with one attached hydrogen (secondary N) is 1. The monoisotopic (exact) mass is 580 g/mol. The number of halogens is 1. The van der Waals surface area contributed by atoms with Crippen LogP contribution in [-0.4, -0.2) is 51.1 Å². The molecule has 0 aliphatic carbocycles. The lowest BCUT2D eigenvalue weighted by Gasteiger charge is -2.35. The first-order valence-corrected chi connectivity index (χ1v) is 14.2. The average Bonchev–Trinajstić information content (AvgIpc) is 3.63. The highest BCUT2D eigenvalue weighted by atomic mass is 79.9. The molecular weight excluding hydrogens is 552 g/mol. The molecular formula is C28H29BrN4O3S. The van der Waals surface area contributed by atoms with Crippen molar-refractivity contribution in [2.75, 3.05) is 6.54 Å². The lowest BCUT2D eigenvalue weighted by molar-refractivity contribution is -0.143. The van der Waals surface area contributed by atoms with E-state index in [1.165, 1.54) is 0 Å². The Morgan fingerprint density at radius 1 is 1.16 bits per heavy atom. The molecule has 0 spiro atoms. The second-order valence-electron chi connectivity index (χ2n) is 9.86. The summed E-state index contributed by atoms with van der Waals surface area (Å²) in [6.07, 6.45) is 1.39. The van der Waals surface area contributed by atoms with Gasteiger partial charge in [-0.05, 0) is 57.4 Å².